The summed E-state index contributed by atoms with van der Waals surface area (Å²) in [4.78, 5) is 2.81. The van der Waals surface area contributed by atoms with Crippen LogP contribution >= 0.6 is 0 Å². The molecule has 162 valence electrons. The first-order valence-corrected chi connectivity index (χ1v) is 12.1. The number of rotatable bonds is 5. The van der Waals surface area contributed by atoms with Crippen molar-refractivity contribution in [1.82, 2.24) is 4.90 Å². The molecular weight excluding hydrogens is 380 g/mol. The van der Waals surface area contributed by atoms with Crippen LogP contribution in [0, 0.1) is 23.2 Å². The first kappa shape index (κ1) is 20.6. The molecule has 0 radical (unpaired) electrons. The van der Waals surface area contributed by atoms with E-state index in [0.29, 0.717) is 12.3 Å². The summed E-state index contributed by atoms with van der Waals surface area (Å²) >= 11 is 0. The summed E-state index contributed by atoms with van der Waals surface area (Å²) < 4.78 is 5.77. The third-order valence-electron chi connectivity index (χ3n) is 8.15. The fraction of sp³-hybridized carbons (Fsp3) is 0.536. The van der Waals surface area contributed by atoms with Gasteiger partial charge in [-0.1, -0.05) is 43.2 Å². The fourth-order valence-electron chi connectivity index (χ4n) is 6.49. The second kappa shape index (κ2) is 9.05. The van der Waals surface area contributed by atoms with E-state index in [2.05, 4.69) is 53.4 Å². The van der Waals surface area contributed by atoms with Crippen molar-refractivity contribution in [1.29, 1.82) is 5.26 Å². The number of nitrogens with zero attached hydrogens (tertiary/aromatic N) is 2. The molecule has 0 aromatic heterocycles. The Labute approximate surface area is 187 Å². The molecule has 3 nitrogen and oxygen atoms in total. The van der Waals surface area contributed by atoms with Crippen molar-refractivity contribution >= 4 is 0 Å². The quantitative estimate of drug-likeness (QED) is 0.585. The van der Waals surface area contributed by atoms with Gasteiger partial charge in [-0.25, -0.2) is 0 Å². The number of benzene rings is 2. The lowest BCUT2D eigenvalue weighted by molar-refractivity contribution is 0.0980. The van der Waals surface area contributed by atoms with Gasteiger partial charge >= 0.3 is 0 Å². The van der Waals surface area contributed by atoms with Gasteiger partial charge in [0.1, 0.15) is 5.75 Å². The lowest BCUT2D eigenvalue weighted by atomic mass is 9.82. The molecule has 2 aliphatic carbocycles. The number of fused-ring (bicyclic) bond motifs is 2. The van der Waals surface area contributed by atoms with Crippen LogP contribution in [0.4, 0.5) is 0 Å². The highest BCUT2D eigenvalue weighted by atomic mass is 16.5. The summed E-state index contributed by atoms with van der Waals surface area (Å²) in [6.07, 6.45) is 10.3. The number of likely N-dealkylation sites (tertiary alicyclic amines) is 1. The highest BCUT2D eigenvalue weighted by Crippen LogP contribution is 2.45. The Morgan fingerprint density at radius 2 is 1.58 bits per heavy atom. The zero-order valence-corrected chi connectivity index (χ0v) is 18.7. The number of piperidine rings is 1. The molecule has 1 aliphatic heterocycles. The maximum absolute atomic E-state index is 8.91. The predicted molar refractivity (Wildman–Crippen MR) is 125 cm³/mol. The van der Waals surface area contributed by atoms with Crippen LogP contribution in [0.2, 0.25) is 0 Å². The minimum atomic E-state index is 0.467. The molecule has 3 fully saturated rings. The third-order valence-corrected chi connectivity index (χ3v) is 8.15. The maximum atomic E-state index is 8.91. The van der Waals surface area contributed by atoms with E-state index in [1.165, 1.54) is 74.7 Å². The van der Waals surface area contributed by atoms with Crippen molar-refractivity contribution in [2.24, 2.45) is 11.8 Å². The molecule has 0 amide bonds. The summed E-state index contributed by atoms with van der Waals surface area (Å²) in [6.45, 7) is 2.45. The molecule has 2 aromatic carbocycles. The van der Waals surface area contributed by atoms with E-state index >= 15 is 0 Å². The van der Waals surface area contributed by atoms with E-state index in [-0.39, 0.29) is 0 Å². The normalized spacial score (nSPS) is 26.5. The highest BCUT2D eigenvalue weighted by Gasteiger charge is 2.37. The second-order valence-electron chi connectivity index (χ2n) is 9.97. The van der Waals surface area contributed by atoms with Crippen LogP contribution in [0.3, 0.4) is 0 Å². The molecule has 2 bridgehead atoms. The van der Waals surface area contributed by atoms with Gasteiger partial charge in [0.05, 0.1) is 19.6 Å². The Hall–Kier alpha value is -2.31. The van der Waals surface area contributed by atoms with Crippen LogP contribution in [0.1, 0.15) is 62.0 Å². The van der Waals surface area contributed by atoms with E-state index in [4.69, 9.17) is 10.00 Å². The van der Waals surface area contributed by atoms with Gasteiger partial charge in [0.25, 0.3) is 0 Å². The molecule has 0 N–H and O–H groups in total. The number of methoxy groups -OCH3 is 1. The zero-order chi connectivity index (χ0) is 21.2. The third kappa shape index (κ3) is 4.37. The van der Waals surface area contributed by atoms with E-state index in [0.717, 1.165) is 29.2 Å². The molecule has 31 heavy (non-hydrogen) atoms. The first-order chi connectivity index (χ1) is 15.2. The SMILES string of the molecule is COc1ccc(-c2ccc(CC#N)cc2)cc1C1CCN(C2CC3CCC(C3)C2)CC1. The molecule has 2 aromatic rings. The molecule has 0 spiro atoms. The highest BCUT2D eigenvalue weighted by molar-refractivity contribution is 5.66. The van der Waals surface area contributed by atoms with E-state index in [1.54, 1.807) is 7.11 Å². The van der Waals surface area contributed by atoms with Crippen molar-refractivity contribution < 1.29 is 4.74 Å². The molecule has 2 saturated carbocycles. The summed E-state index contributed by atoms with van der Waals surface area (Å²) in [5.74, 6) is 3.62. The summed E-state index contributed by atoms with van der Waals surface area (Å²) in [5, 5.41) is 8.91. The van der Waals surface area contributed by atoms with Crippen LogP contribution in [0.25, 0.3) is 11.1 Å². The number of nitriles is 1. The minimum Gasteiger partial charge on any atom is -0.496 e. The van der Waals surface area contributed by atoms with Gasteiger partial charge in [-0.15, -0.1) is 0 Å². The maximum Gasteiger partial charge on any atom is 0.122 e. The largest absolute Gasteiger partial charge is 0.496 e. The predicted octanol–water partition coefficient (Wildman–Crippen LogP) is 6.19. The second-order valence-corrected chi connectivity index (χ2v) is 9.97. The van der Waals surface area contributed by atoms with E-state index in [1.807, 2.05) is 0 Å². The molecule has 1 heterocycles. The summed E-state index contributed by atoms with van der Waals surface area (Å²) in [5.41, 5.74) is 4.89. The van der Waals surface area contributed by atoms with Crippen LogP contribution in [0.15, 0.2) is 42.5 Å². The molecule has 5 rings (SSSR count). The Balaban J connectivity index is 1.29. The van der Waals surface area contributed by atoms with Gasteiger partial charge < -0.3 is 9.64 Å². The molecule has 2 unspecified atom stereocenters. The zero-order valence-electron chi connectivity index (χ0n) is 18.7. The number of ether oxygens (including phenoxy) is 1. The standard InChI is InChI=1S/C28H34N2O/c1-31-28-9-8-25(23-6-4-20(5-7-23)10-13-29)19-27(28)24-11-14-30(15-12-24)26-17-21-2-3-22(16-21)18-26/h4-9,19,21-22,24,26H,2-3,10-12,14-18H2,1H3. The van der Waals surface area contributed by atoms with Crippen LogP contribution in [-0.2, 0) is 6.42 Å². The molecule has 2 atom stereocenters. The molecule has 1 saturated heterocycles. The summed E-state index contributed by atoms with van der Waals surface area (Å²) in [7, 11) is 1.79. The van der Waals surface area contributed by atoms with Gasteiger partial charge in [0, 0.05) is 6.04 Å². The monoisotopic (exact) mass is 414 g/mol. The number of hydrogen-bond donors (Lipinski definition) is 0. The van der Waals surface area contributed by atoms with E-state index < -0.39 is 0 Å². The van der Waals surface area contributed by atoms with Gasteiger partial charge in [0.2, 0.25) is 0 Å². The first-order valence-electron chi connectivity index (χ1n) is 12.1. The fourth-order valence-corrected chi connectivity index (χ4v) is 6.49. The van der Waals surface area contributed by atoms with Gasteiger partial charge in [0.15, 0.2) is 0 Å². The summed E-state index contributed by atoms with van der Waals surface area (Å²) in [6, 6.07) is 18.1. The Morgan fingerprint density at radius 1 is 0.903 bits per heavy atom. The average molecular weight is 415 g/mol. The molecule has 3 aliphatic rings. The average Bonchev–Trinajstić information content (AvgIpc) is 3.17. The minimum absolute atomic E-state index is 0.467. The van der Waals surface area contributed by atoms with Crippen LogP contribution < -0.4 is 4.74 Å². The lowest BCUT2D eigenvalue weighted by Crippen LogP contribution is -2.43. The Morgan fingerprint density at radius 3 is 2.23 bits per heavy atom. The number of hydrogen-bond acceptors (Lipinski definition) is 3. The van der Waals surface area contributed by atoms with Crippen molar-refractivity contribution in [3.63, 3.8) is 0 Å². The van der Waals surface area contributed by atoms with E-state index in [9.17, 15) is 0 Å². The molecular formula is C28H34N2O. The van der Waals surface area contributed by atoms with Crippen LogP contribution in [-0.4, -0.2) is 31.1 Å². The topological polar surface area (TPSA) is 36.3 Å². The van der Waals surface area contributed by atoms with Crippen LogP contribution in [0.5, 0.6) is 5.75 Å². The Kier molecular flexibility index (Phi) is 6.01. The van der Waals surface area contributed by atoms with Crippen molar-refractivity contribution in [2.75, 3.05) is 20.2 Å². The lowest BCUT2D eigenvalue weighted by Gasteiger charge is -2.41. The molecule has 3 heteroatoms. The van der Waals surface area contributed by atoms with Crippen molar-refractivity contribution in [3.05, 3.63) is 53.6 Å². The Bertz CT molecular complexity index is 924. The van der Waals surface area contributed by atoms with Crippen molar-refractivity contribution in [2.45, 2.75) is 63.3 Å². The van der Waals surface area contributed by atoms with Gasteiger partial charge in [-0.05, 0) is 97.3 Å². The smallest absolute Gasteiger partial charge is 0.122 e. The van der Waals surface area contributed by atoms with Gasteiger partial charge in [-0.2, -0.15) is 5.26 Å². The van der Waals surface area contributed by atoms with Crippen molar-refractivity contribution in [3.8, 4) is 22.9 Å². The van der Waals surface area contributed by atoms with Gasteiger partial charge in [-0.3, -0.25) is 0 Å².